The van der Waals surface area contributed by atoms with Gasteiger partial charge >= 0.3 is 5.97 Å². The number of nitrogens with one attached hydrogen (secondary N) is 1. The summed E-state index contributed by atoms with van der Waals surface area (Å²) in [6.45, 7) is 1.97. The van der Waals surface area contributed by atoms with E-state index in [0.29, 0.717) is 11.3 Å². The molecule has 1 N–H and O–H groups in total. The second kappa shape index (κ2) is 7.69. The van der Waals surface area contributed by atoms with E-state index in [9.17, 15) is 13.2 Å². The number of esters is 1. The Kier molecular flexibility index (Phi) is 5.08. The van der Waals surface area contributed by atoms with E-state index < -0.39 is 16.0 Å². The summed E-state index contributed by atoms with van der Waals surface area (Å²) in [5, 5.41) is 1.95. The summed E-state index contributed by atoms with van der Waals surface area (Å²) < 4.78 is 34.8. The highest BCUT2D eigenvalue weighted by Crippen LogP contribution is 2.25. The van der Waals surface area contributed by atoms with Gasteiger partial charge in [0.25, 0.3) is 10.0 Å². The van der Waals surface area contributed by atoms with E-state index in [0.717, 1.165) is 16.2 Å². The van der Waals surface area contributed by atoms with E-state index in [1.807, 2.05) is 28.2 Å². The van der Waals surface area contributed by atoms with Crippen LogP contribution in [0.25, 0.3) is 16.2 Å². The number of hydrogen-bond acceptors (Lipinski definition) is 6. The average molecular weight is 428 g/mol. The molecule has 2 aromatic heterocycles. The number of sulfonamides is 1. The van der Waals surface area contributed by atoms with Gasteiger partial charge in [-0.1, -0.05) is 12.1 Å². The van der Waals surface area contributed by atoms with Crippen molar-refractivity contribution in [3.63, 3.8) is 0 Å². The molecule has 0 atom stereocenters. The first-order chi connectivity index (χ1) is 14.0. The predicted molar refractivity (Wildman–Crippen MR) is 112 cm³/mol. The first kappa shape index (κ1) is 19.2. The standard InChI is InChI=1S/C20H17N3O4S2/c1-2-27-19(24)14-6-8-17(9-7-14)29(25,26)22-16-5-3-4-15(12-16)18-13-23-10-11-28-20(23)21-18/h3-13,22H,2H2,1H3. The van der Waals surface area contributed by atoms with Crippen molar-refractivity contribution < 1.29 is 17.9 Å². The lowest BCUT2D eigenvalue weighted by Crippen LogP contribution is -2.13. The van der Waals surface area contributed by atoms with Crippen LogP contribution in [0.4, 0.5) is 5.69 Å². The van der Waals surface area contributed by atoms with E-state index in [-0.39, 0.29) is 11.5 Å². The highest BCUT2D eigenvalue weighted by Gasteiger charge is 2.16. The second-order valence-corrected chi connectivity index (χ2v) is 8.71. The molecular weight excluding hydrogens is 410 g/mol. The van der Waals surface area contributed by atoms with Crippen LogP contribution in [0.5, 0.6) is 0 Å². The molecule has 0 aliphatic carbocycles. The van der Waals surface area contributed by atoms with Crippen LogP contribution in [-0.2, 0) is 14.8 Å². The molecule has 4 rings (SSSR count). The number of rotatable bonds is 6. The van der Waals surface area contributed by atoms with Gasteiger partial charge in [0.1, 0.15) is 0 Å². The van der Waals surface area contributed by atoms with Gasteiger partial charge in [-0.25, -0.2) is 18.2 Å². The summed E-state index contributed by atoms with van der Waals surface area (Å²) in [6, 6.07) is 12.7. The molecule has 0 fully saturated rings. The van der Waals surface area contributed by atoms with Crippen molar-refractivity contribution in [1.29, 1.82) is 0 Å². The summed E-state index contributed by atoms with van der Waals surface area (Å²) in [6.07, 6.45) is 3.82. The highest BCUT2D eigenvalue weighted by molar-refractivity contribution is 7.92. The largest absolute Gasteiger partial charge is 0.462 e. The summed E-state index contributed by atoms with van der Waals surface area (Å²) in [5.41, 5.74) is 2.29. The van der Waals surface area contributed by atoms with Crippen molar-refractivity contribution in [1.82, 2.24) is 9.38 Å². The van der Waals surface area contributed by atoms with Crippen molar-refractivity contribution in [2.75, 3.05) is 11.3 Å². The summed E-state index contributed by atoms with van der Waals surface area (Å²) >= 11 is 1.53. The van der Waals surface area contributed by atoms with Crippen LogP contribution in [0.2, 0.25) is 0 Å². The number of imidazole rings is 1. The molecule has 0 spiro atoms. The molecule has 0 saturated carbocycles. The Morgan fingerprint density at radius 1 is 1.21 bits per heavy atom. The fourth-order valence-corrected chi connectivity index (χ4v) is 4.56. The maximum absolute atomic E-state index is 12.7. The van der Waals surface area contributed by atoms with Crippen molar-refractivity contribution in [2.24, 2.45) is 0 Å². The minimum absolute atomic E-state index is 0.0541. The molecule has 0 amide bonds. The third-order valence-corrected chi connectivity index (χ3v) is 6.35. The quantitative estimate of drug-likeness (QED) is 0.469. The zero-order valence-electron chi connectivity index (χ0n) is 15.4. The van der Waals surface area contributed by atoms with Crippen molar-refractivity contribution in [3.05, 3.63) is 71.9 Å². The zero-order valence-corrected chi connectivity index (χ0v) is 17.0. The summed E-state index contributed by atoms with van der Waals surface area (Å²) in [5.74, 6) is -0.489. The van der Waals surface area contributed by atoms with Crippen LogP contribution in [0, 0.1) is 0 Å². The molecule has 0 unspecified atom stereocenters. The molecule has 4 aromatic rings. The molecule has 0 aliphatic heterocycles. The normalized spacial score (nSPS) is 11.5. The maximum Gasteiger partial charge on any atom is 0.338 e. The van der Waals surface area contributed by atoms with Crippen molar-refractivity contribution in [2.45, 2.75) is 11.8 Å². The third-order valence-electron chi connectivity index (χ3n) is 4.18. The molecule has 7 nitrogen and oxygen atoms in total. The molecule has 148 valence electrons. The number of thiazole rings is 1. The molecule has 29 heavy (non-hydrogen) atoms. The minimum Gasteiger partial charge on any atom is -0.462 e. The lowest BCUT2D eigenvalue weighted by molar-refractivity contribution is 0.0526. The Bertz CT molecular complexity index is 1250. The molecule has 9 heteroatoms. The van der Waals surface area contributed by atoms with E-state index in [2.05, 4.69) is 9.71 Å². The Morgan fingerprint density at radius 3 is 2.72 bits per heavy atom. The fourth-order valence-electron chi connectivity index (χ4n) is 2.81. The minimum atomic E-state index is -3.81. The van der Waals surface area contributed by atoms with Gasteiger partial charge < -0.3 is 4.74 Å². The van der Waals surface area contributed by atoms with Gasteiger partial charge in [0, 0.05) is 29.0 Å². The van der Waals surface area contributed by atoms with E-state index in [1.165, 1.54) is 35.6 Å². The zero-order chi connectivity index (χ0) is 20.4. The first-order valence-electron chi connectivity index (χ1n) is 8.79. The van der Waals surface area contributed by atoms with Crippen LogP contribution in [-0.4, -0.2) is 30.4 Å². The van der Waals surface area contributed by atoms with Gasteiger partial charge in [0.05, 0.1) is 22.8 Å². The Labute approximate surface area is 171 Å². The van der Waals surface area contributed by atoms with Crippen LogP contribution in [0.1, 0.15) is 17.3 Å². The fraction of sp³-hybridized carbons (Fsp3) is 0.100. The molecular formula is C20H17N3O4S2. The van der Waals surface area contributed by atoms with Crippen LogP contribution < -0.4 is 4.72 Å². The number of ether oxygens (including phenoxy) is 1. The van der Waals surface area contributed by atoms with E-state index in [4.69, 9.17) is 4.74 Å². The first-order valence-corrected chi connectivity index (χ1v) is 11.2. The molecule has 2 heterocycles. The van der Waals surface area contributed by atoms with Gasteiger partial charge in [-0.15, -0.1) is 11.3 Å². The predicted octanol–water partition coefficient (Wildman–Crippen LogP) is 4.04. The number of aromatic nitrogens is 2. The Morgan fingerprint density at radius 2 is 2.00 bits per heavy atom. The van der Waals surface area contributed by atoms with E-state index >= 15 is 0 Å². The Balaban J connectivity index is 1.56. The van der Waals surface area contributed by atoms with Crippen LogP contribution in [0.15, 0.2) is 71.2 Å². The lowest BCUT2D eigenvalue weighted by atomic mass is 10.1. The number of fused-ring (bicyclic) bond motifs is 1. The maximum atomic E-state index is 12.7. The number of hydrogen-bond donors (Lipinski definition) is 1. The molecule has 0 saturated heterocycles. The Hall–Kier alpha value is -3.17. The second-order valence-electron chi connectivity index (χ2n) is 6.15. The lowest BCUT2D eigenvalue weighted by Gasteiger charge is -2.10. The van der Waals surface area contributed by atoms with Crippen molar-refractivity contribution in [3.8, 4) is 11.3 Å². The van der Waals surface area contributed by atoms with Crippen LogP contribution >= 0.6 is 11.3 Å². The van der Waals surface area contributed by atoms with Gasteiger partial charge in [-0.2, -0.15) is 0 Å². The summed E-state index contributed by atoms with van der Waals surface area (Å²) in [7, 11) is -3.81. The third kappa shape index (κ3) is 4.01. The number of nitrogens with zero attached hydrogens (tertiary/aromatic N) is 2. The van der Waals surface area contributed by atoms with Crippen LogP contribution in [0.3, 0.4) is 0 Å². The monoisotopic (exact) mass is 427 g/mol. The molecule has 0 bridgehead atoms. The van der Waals surface area contributed by atoms with Gasteiger partial charge in [-0.3, -0.25) is 9.12 Å². The average Bonchev–Trinajstić information content (AvgIpc) is 3.30. The van der Waals surface area contributed by atoms with E-state index in [1.54, 1.807) is 25.1 Å². The van der Waals surface area contributed by atoms with Gasteiger partial charge in [0.2, 0.25) is 0 Å². The molecule has 0 radical (unpaired) electrons. The SMILES string of the molecule is CCOC(=O)c1ccc(S(=O)(=O)Nc2cccc(-c3cn4ccsc4n3)c2)cc1. The molecule has 0 aliphatic rings. The number of carbonyl (C=O) groups excluding carboxylic acids is 1. The van der Waals surface area contributed by atoms with Crippen molar-refractivity contribution >= 4 is 38.0 Å². The topological polar surface area (TPSA) is 89.8 Å². The summed E-state index contributed by atoms with van der Waals surface area (Å²) in [4.78, 5) is 17.2. The molecule has 2 aromatic carbocycles. The number of carbonyl (C=O) groups is 1. The van der Waals surface area contributed by atoms with Gasteiger partial charge in [0.15, 0.2) is 4.96 Å². The number of benzene rings is 2. The number of anilines is 1. The highest BCUT2D eigenvalue weighted by atomic mass is 32.2. The van der Waals surface area contributed by atoms with Gasteiger partial charge in [-0.05, 0) is 43.3 Å². The smallest absolute Gasteiger partial charge is 0.338 e.